The summed E-state index contributed by atoms with van der Waals surface area (Å²) in [5.74, 6) is 1.92. The summed E-state index contributed by atoms with van der Waals surface area (Å²) < 4.78 is 29.8. The Morgan fingerprint density at radius 3 is 2.21 bits per heavy atom. The minimum atomic E-state index is -0.129. The summed E-state index contributed by atoms with van der Waals surface area (Å²) in [6.45, 7) is 27.3. The van der Waals surface area contributed by atoms with Gasteiger partial charge in [0.2, 0.25) is 5.82 Å². The monoisotopic (exact) mass is 671 g/mol. The molecule has 2 saturated heterocycles. The number of piperidine rings is 1. The Bertz CT molecular complexity index is 1230. The largest absolute Gasteiger partial charge is 0.465 e. The summed E-state index contributed by atoms with van der Waals surface area (Å²) in [5, 5.41) is 4.08. The highest BCUT2D eigenvalue weighted by Gasteiger charge is 2.28. The molecule has 2 fully saturated rings. The number of carbonyl (C=O) groups excluding carboxylic acids is 1. The fourth-order valence-corrected chi connectivity index (χ4v) is 4.78. The summed E-state index contributed by atoms with van der Waals surface area (Å²) in [5.41, 5.74) is 2.88. The van der Waals surface area contributed by atoms with Gasteiger partial charge in [-0.1, -0.05) is 69.3 Å². The molecule has 4 rings (SSSR count). The Balaban J connectivity index is 0.00000116. The lowest BCUT2D eigenvalue weighted by atomic mass is 9.97. The van der Waals surface area contributed by atoms with Crippen molar-refractivity contribution < 1.29 is 23.2 Å². The SMILES string of the molecule is C/C=C(\C(F)=C/C)C1CCN(c2ccc(-c3noc(COC4CCN(C)CC4)n3)cn2)C1.C=CC=C(C)C.CC.CC.CC(C)OC=O. The number of rotatable bonds is 10. The maximum Gasteiger partial charge on any atom is 0.293 e. The molecule has 0 amide bonds. The average Bonchev–Trinajstić information content (AvgIpc) is 3.78. The predicted molar refractivity (Wildman–Crippen MR) is 196 cm³/mol. The van der Waals surface area contributed by atoms with Crippen LogP contribution in [0.3, 0.4) is 0 Å². The van der Waals surface area contributed by atoms with Gasteiger partial charge in [-0.3, -0.25) is 4.79 Å². The number of allylic oxidation sites excluding steroid dienone is 6. The van der Waals surface area contributed by atoms with Crippen LogP contribution in [0.1, 0.15) is 94.4 Å². The van der Waals surface area contributed by atoms with Gasteiger partial charge < -0.3 is 23.8 Å². The number of ether oxygens (including phenoxy) is 2. The Morgan fingerprint density at radius 1 is 1.08 bits per heavy atom. The summed E-state index contributed by atoms with van der Waals surface area (Å²) in [6.07, 6.45) is 12.2. The van der Waals surface area contributed by atoms with Crippen molar-refractivity contribution in [3.05, 3.63) is 72.1 Å². The third-order valence-corrected chi connectivity index (χ3v) is 7.15. The van der Waals surface area contributed by atoms with Gasteiger partial charge in [-0.25, -0.2) is 9.37 Å². The second-order valence-corrected chi connectivity index (χ2v) is 11.3. The van der Waals surface area contributed by atoms with Gasteiger partial charge in [0.05, 0.1) is 12.2 Å². The molecule has 0 bridgehead atoms. The number of aromatic nitrogens is 3. The van der Waals surface area contributed by atoms with E-state index in [1.54, 1.807) is 33.0 Å². The zero-order chi connectivity index (χ0) is 36.5. The first kappa shape index (κ1) is 44.4. The van der Waals surface area contributed by atoms with Crippen molar-refractivity contribution >= 4 is 12.3 Å². The van der Waals surface area contributed by atoms with E-state index in [9.17, 15) is 9.18 Å². The van der Waals surface area contributed by atoms with Crippen molar-refractivity contribution in [3.63, 3.8) is 0 Å². The smallest absolute Gasteiger partial charge is 0.293 e. The Hall–Kier alpha value is -3.63. The van der Waals surface area contributed by atoms with E-state index in [-0.39, 0.29) is 24.0 Å². The molecule has 0 aromatic carbocycles. The maximum atomic E-state index is 14.1. The van der Waals surface area contributed by atoms with Crippen LogP contribution in [0.15, 0.2) is 70.7 Å². The third-order valence-electron chi connectivity index (χ3n) is 7.15. The van der Waals surface area contributed by atoms with Gasteiger partial charge in [-0.2, -0.15) is 4.98 Å². The molecule has 0 saturated carbocycles. The van der Waals surface area contributed by atoms with Crippen molar-refractivity contribution in [3.8, 4) is 11.4 Å². The van der Waals surface area contributed by atoms with Crippen LogP contribution < -0.4 is 4.90 Å². The number of pyridine rings is 1. The molecule has 1 unspecified atom stereocenters. The summed E-state index contributed by atoms with van der Waals surface area (Å²) in [7, 11) is 2.13. The zero-order valence-electron chi connectivity index (χ0n) is 31.5. The van der Waals surface area contributed by atoms with E-state index < -0.39 is 0 Å². The predicted octanol–water partition coefficient (Wildman–Crippen LogP) is 9.15. The molecule has 2 aromatic rings. The van der Waals surface area contributed by atoms with Crippen LogP contribution in [0.25, 0.3) is 11.4 Å². The molecule has 0 radical (unpaired) electrons. The van der Waals surface area contributed by atoms with Gasteiger partial charge in [0, 0.05) is 43.9 Å². The molecule has 1 atom stereocenters. The fraction of sp³-hybridized carbons (Fsp3) is 0.579. The Kier molecular flexibility index (Phi) is 24.3. The summed E-state index contributed by atoms with van der Waals surface area (Å²) in [6, 6.07) is 3.91. The number of nitrogens with zero attached hydrogens (tertiary/aromatic N) is 5. The number of carbonyl (C=O) groups is 1. The van der Waals surface area contributed by atoms with Gasteiger partial charge >= 0.3 is 0 Å². The molecule has 10 heteroatoms. The average molecular weight is 672 g/mol. The van der Waals surface area contributed by atoms with E-state index in [1.807, 2.05) is 72.8 Å². The van der Waals surface area contributed by atoms with Crippen molar-refractivity contribution in [2.24, 2.45) is 5.92 Å². The molecule has 270 valence electrons. The van der Waals surface area contributed by atoms with E-state index in [0.29, 0.717) is 24.8 Å². The quantitative estimate of drug-likeness (QED) is 0.181. The second kappa shape index (κ2) is 26.3. The fourth-order valence-electron chi connectivity index (χ4n) is 4.78. The minimum Gasteiger partial charge on any atom is -0.465 e. The highest BCUT2D eigenvalue weighted by atomic mass is 19.1. The first-order valence-electron chi connectivity index (χ1n) is 17.3. The Morgan fingerprint density at radius 2 is 1.75 bits per heavy atom. The van der Waals surface area contributed by atoms with Crippen LogP contribution in [0.2, 0.25) is 0 Å². The molecule has 9 nitrogen and oxygen atoms in total. The molecule has 0 spiro atoms. The molecule has 48 heavy (non-hydrogen) atoms. The molecular weight excluding hydrogens is 609 g/mol. The lowest BCUT2D eigenvalue weighted by molar-refractivity contribution is -0.131. The Labute approximate surface area is 290 Å². The number of hydrogen-bond acceptors (Lipinski definition) is 9. The number of likely N-dealkylation sites (tertiary alicyclic amines) is 1. The lowest BCUT2D eigenvalue weighted by Crippen LogP contribution is -2.34. The highest BCUT2D eigenvalue weighted by molar-refractivity contribution is 5.56. The van der Waals surface area contributed by atoms with Crippen LogP contribution in [-0.4, -0.2) is 71.9 Å². The molecular formula is C38H62FN5O4. The topological polar surface area (TPSA) is 93.8 Å². The van der Waals surface area contributed by atoms with Crippen molar-refractivity contribution in [1.82, 2.24) is 20.0 Å². The molecule has 2 aromatic heterocycles. The molecule has 0 N–H and O–H groups in total. The van der Waals surface area contributed by atoms with Crippen molar-refractivity contribution in [1.29, 1.82) is 0 Å². The van der Waals surface area contributed by atoms with Crippen molar-refractivity contribution in [2.75, 3.05) is 38.1 Å². The zero-order valence-corrected chi connectivity index (χ0v) is 31.5. The van der Waals surface area contributed by atoms with Crippen LogP contribution in [0, 0.1) is 5.92 Å². The number of hydrogen-bond donors (Lipinski definition) is 0. The van der Waals surface area contributed by atoms with Gasteiger partial charge in [0.25, 0.3) is 12.4 Å². The summed E-state index contributed by atoms with van der Waals surface area (Å²) >= 11 is 0. The second-order valence-electron chi connectivity index (χ2n) is 11.3. The van der Waals surface area contributed by atoms with Crippen LogP contribution >= 0.6 is 0 Å². The standard InChI is InChI=1S/C24H32FN5O2.C6H10.C4H8O2.2C2H6/c1-4-20(21(25)5-2)18-8-13-30(15-18)22-7-6-17(14-26-22)24-27-23(32-28-24)16-31-19-9-11-29(3)12-10-19;1-4-5-6(2)3;1-4(2)6-3-5;2*1-2/h4-7,14,18-19H,8-13,15-16H2,1-3H3;4-5H,1H2,2-3H3;3-4H,1-2H3;2*1-2H3/b20-4-,21-5+;;;;. The summed E-state index contributed by atoms with van der Waals surface area (Å²) in [4.78, 5) is 23.0. The lowest BCUT2D eigenvalue weighted by Gasteiger charge is -2.28. The first-order chi connectivity index (χ1) is 23.1. The third kappa shape index (κ3) is 17.0. The van der Waals surface area contributed by atoms with E-state index in [4.69, 9.17) is 9.26 Å². The van der Waals surface area contributed by atoms with Gasteiger partial charge in [-0.15, -0.1) is 0 Å². The molecule has 4 heterocycles. The minimum absolute atomic E-state index is 0.0301. The van der Waals surface area contributed by atoms with Gasteiger partial charge in [-0.05, 0) is 85.6 Å². The van der Waals surface area contributed by atoms with E-state index in [0.717, 1.165) is 62.4 Å². The van der Waals surface area contributed by atoms with Crippen LogP contribution in [-0.2, 0) is 20.9 Å². The molecule has 2 aliphatic rings. The highest BCUT2D eigenvalue weighted by Crippen LogP contribution is 2.32. The van der Waals surface area contributed by atoms with E-state index in [1.165, 1.54) is 11.6 Å². The molecule has 0 aliphatic carbocycles. The van der Waals surface area contributed by atoms with Crippen molar-refractivity contribution in [2.45, 2.75) is 107 Å². The van der Waals surface area contributed by atoms with Gasteiger partial charge in [0.15, 0.2) is 0 Å². The number of halogens is 1. The maximum absolute atomic E-state index is 14.1. The van der Waals surface area contributed by atoms with E-state index in [2.05, 4.69) is 43.3 Å². The van der Waals surface area contributed by atoms with E-state index >= 15 is 0 Å². The normalized spacial score (nSPS) is 16.5. The van der Waals surface area contributed by atoms with Gasteiger partial charge in [0.1, 0.15) is 18.3 Å². The van der Waals surface area contributed by atoms with Crippen LogP contribution in [0.4, 0.5) is 10.2 Å². The molecule has 2 aliphatic heterocycles. The number of anilines is 1. The first-order valence-corrected chi connectivity index (χ1v) is 17.3. The van der Waals surface area contributed by atoms with Crippen LogP contribution in [0.5, 0.6) is 0 Å².